The predicted octanol–water partition coefficient (Wildman–Crippen LogP) is -0.992. The maximum Gasteiger partial charge on any atom is 0.311 e. The van der Waals surface area contributed by atoms with Crippen LogP contribution in [0.1, 0.15) is 12.6 Å². The Labute approximate surface area is 139 Å². The molecule has 2 aromatic rings. The second-order valence-electron chi connectivity index (χ2n) is 5.60. The summed E-state index contributed by atoms with van der Waals surface area (Å²) in [6.45, 7) is -0.360. The summed E-state index contributed by atoms with van der Waals surface area (Å²) in [6.07, 6.45) is -0.864. The molecule has 0 saturated carbocycles. The van der Waals surface area contributed by atoms with Gasteiger partial charge in [0, 0.05) is 20.5 Å². The van der Waals surface area contributed by atoms with E-state index in [4.69, 9.17) is 4.74 Å². The average Bonchev–Trinajstić information content (AvgIpc) is 3.04. The van der Waals surface area contributed by atoms with Gasteiger partial charge in [-0.25, -0.2) is 4.99 Å². The van der Waals surface area contributed by atoms with E-state index in [1.54, 1.807) is 19.0 Å². The number of H-pyrrole nitrogens is 1. The van der Waals surface area contributed by atoms with Crippen LogP contribution in [-0.2, 0) is 4.74 Å². The summed E-state index contributed by atoms with van der Waals surface area (Å²) < 4.78 is 6.89. The fourth-order valence-electron chi connectivity index (χ4n) is 2.44. The fourth-order valence-corrected chi connectivity index (χ4v) is 3.30. The Morgan fingerprint density at radius 3 is 2.92 bits per heavy atom. The number of aliphatic imine (C=N–C) groups is 1. The molecule has 3 N–H and O–H groups in total. The standard InChI is InChI=1S/C13H17N5O5S/c1-17(2)5-14-12-15-10-9(11(21)16-12)24-13(22)18(10)8-3-6(20)7(4-19)23-8/h5-8,19-20H,3-4H2,1-2H3,(H,15,16,21)/t6-,7+,8+/m0/s1. The monoisotopic (exact) mass is 355 g/mol. The van der Waals surface area contributed by atoms with Crippen molar-refractivity contribution in [3.8, 4) is 0 Å². The molecule has 3 rings (SSSR count). The summed E-state index contributed by atoms with van der Waals surface area (Å²) in [5.74, 6) is 0.0602. The molecule has 0 unspecified atom stereocenters. The molecular weight excluding hydrogens is 338 g/mol. The summed E-state index contributed by atoms with van der Waals surface area (Å²) in [7, 11) is 3.53. The Bertz CT molecular complexity index is 885. The number of hydrogen-bond donors (Lipinski definition) is 3. The van der Waals surface area contributed by atoms with Crippen molar-refractivity contribution >= 4 is 34.0 Å². The molecule has 1 aliphatic rings. The predicted molar refractivity (Wildman–Crippen MR) is 88.0 cm³/mol. The Hall–Kier alpha value is -2.08. The molecule has 0 amide bonds. The van der Waals surface area contributed by atoms with Crippen LogP contribution in [0.3, 0.4) is 0 Å². The lowest BCUT2D eigenvalue weighted by Gasteiger charge is -2.13. The van der Waals surface area contributed by atoms with Crippen molar-refractivity contribution in [2.24, 2.45) is 4.99 Å². The molecule has 0 spiro atoms. The van der Waals surface area contributed by atoms with Crippen LogP contribution in [0.2, 0.25) is 0 Å². The van der Waals surface area contributed by atoms with E-state index in [1.165, 1.54) is 10.9 Å². The highest BCUT2D eigenvalue weighted by molar-refractivity contribution is 7.16. The number of thiazole rings is 1. The third kappa shape index (κ3) is 2.98. The van der Waals surface area contributed by atoms with Crippen LogP contribution in [0.15, 0.2) is 14.6 Å². The molecule has 10 nitrogen and oxygen atoms in total. The van der Waals surface area contributed by atoms with Gasteiger partial charge in [0.1, 0.15) is 17.0 Å². The van der Waals surface area contributed by atoms with Gasteiger partial charge in [-0.15, -0.1) is 0 Å². The number of rotatable bonds is 4. The van der Waals surface area contributed by atoms with Gasteiger partial charge in [0.25, 0.3) is 5.56 Å². The molecule has 0 aliphatic carbocycles. The van der Waals surface area contributed by atoms with Crippen molar-refractivity contribution < 1.29 is 14.9 Å². The Balaban J connectivity index is 2.10. The first-order valence-electron chi connectivity index (χ1n) is 7.21. The van der Waals surface area contributed by atoms with Gasteiger partial charge in [0.05, 0.1) is 19.0 Å². The maximum absolute atomic E-state index is 12.3. The molecule has 2 aromatic heterocycles. The summed E-state index contributed by atoms with van der Waals surface area (Å²) in [6, 6.07) is 0. The van der Waals surface area contributed by atoms with Gasteiger partial charge in [-0.3, -0.25) is 19.1 Å². The van der Waals surface area contributed by atoms with Gasteiger partial charge in [0.15, 0.2) is 5.65 Å². The number of aromatic amines is 1. The first kappa shape index (κ1) is 16.8. The highest BCUT2D eigenvalue weighted by atomic mass is 32.1. The van der Waals surface area contributed by atoms with E-state index in [0.29, 0.717) is 0 Å². The molecular formula is C13H17N5O5S. The summed E-state index contributed by atoms with van der Waals surface area (Å²) in [5, 5.41) is 19.0. The molecule has 24 heavy (non-hydrogen) atoms. The van der Waals surface area contributed by atoms with Crippen LogP contribution in [0.25, 0.3) is 10.3 Å². The lowest BCUT2D eigenvalue weighted by atomic mass is 10.2. The van der Waals surface area contributed by atoms with Crippen molar-refractivity contribution in [3.63, 3.8) is 0 Å². The topological polar surface area (TPSA) is 133 Å². The van der Waals surface area contributed by atoms with Crippen LogP contribution in [0.5, 0.6) is 0 Å². The van der Waals surface area contributed by atoms with Crippen LogP contribution in [0, 0.1) is 0 Å². The molecule has 3 atom stereocenters. The molecule has 3 heterocycles. The number of aliphatic hydroxyl groups excluding tert-OH is 2. The van der Waals surface area contributed by atoms with Crippen LogP contribution >= 0.6 is 11.3 Å². The highest BCUT2D eigenvalue weighted by Gasteiger charge is 2.36. The SMILES string of the molecule is CN(C)C=Nc1nc2c(sc(=O)n2[C@H]2C[C@H](O)[C@@H](CO)O2)c(=O)[nH]1. The van der Waals surface area contributed by atoms with Gasteiger partial charge in [-0.2, -0.15) is 4.98 Å². The zero-order valence-corrected chi connectivity index (χ0v) is 13.9. The molecule has 0 aromatic carbocycles. The number of nitrogens with one attached hydrogen (secondary N) is 1. The lowest BCUT2D eigenvalue weighted by molar-refractivity contribution is -0.0437. The number of fused-ring (bicyclic) bond motifs is 1. The molecule has 1 fully saturated rings. The van der Waals surface area contributed by atoms with Gasteiger partial charge in [0.2, 0.25) is 5.95 Å². The van der Waals surface area contributed by atoms with E-state index >= 15 is 0 Å². The van der Waals surface area contributed by atoms with Crippen LogP contribution in [-0.4, -0.2) is 68.9 Å². The van der Waals surface area contributed by atoms with E-state index in [2.05, 4.69) is 15.0 Å². The molecule has 1 saturated heterocycles. The third-order valence-electron chi connectivity index (χ3n) is 3.54. The number of aliphatic hydroxyl groups is 2. The van der Waals surface area contributed by atoms with E-state index in [1.807, 2.05) is 0 Å². The van der Waals surface area contributed by atoms with Crippen molar-refractivity contribution in [1.82, 2.24) is 19.4 Å². The van der Waals surface area contributed by atoms with Crippen molar-refractivity contribution in [3.05, 3.63) is 20.0 Å². The minimum absolute atomic E-state index is 0.0602. The molecule has 0 radical (unpaired) electrons. The summed E-state index contributed by atoms with van der Waals surface area (Å²) in [5.41, 5.74) is -0.320. The van der Waals surface area contributed by atoms with Gasteiger partial charge < -0.3 is 19.8 Å². The zero-order chi connectivity index (χ0) is 17.4. The lowest BCUT2D eigenvalue weighted by Crippen LogP contribution is -2.25. The number of nitrogens with zero attached hydrogens (tertiary/aromatic N) is 4. The van der Waals surface area contributed by atoms with Crippen LogP contribution < -0.4 is 10.4 Å². The Morgan fingerprint density at radius 2 is 2.29 bits per heavy atom. The van der Waals surface area contributed by atoms with Crippen molar-refractivity contribution in [1.29, 1.82) is 0 Å². The first-order valence-corrected chi connectivity index (χ1v) is 8.02. The second kappa shape index (κ2) is 6.43. The average molecular weight is 355 g/mol. The number of aromatic nitrogens is 3. The number of hydrogen-bond acceptors (Lipinski definition) is 8. The third-order valence-corrected chi connectivity index (χ3v) is 4.49. The molecule has 1 aliphatic heterocycles. The molecule has 11 heteroatoms. The smallest absolute Gasteiger partial charge is 0.311 e. The normalized spacial score (nSPS) is 24.2. The van der Waals surface area contributed by atoms with E-state index in [-0.39, 0.29) is 29.3 Å². The van der Waals surface area contributed by atoms with E-state index in [9.17, 15) is 19.8 Å². The second-order valence-corrected chi connectivity index (χ2v) is 6.56. The van der Waals surface area contributed by atoms with Crippen molar-refractivity contribution in [2.75, 3.05) is 20.7 Å². The largest absolute Gasteiger partial charge is 0.394 e. The fraction of sp³-hybridized carbons (Fsp3) is 0.538. The van der Waals surface area contributed by atoms with Gasteiger partial charge >= 0.3 is 4.87 Å². The maximum atomic E-state index is 12.3. The van der Waals surface area contributed by atoms with Gasteiger partial charge in [-0.1, -0.05) is 11.3 Å². The Kier molecular flexibility index (Phi) is 4.49. The van der Waals surface area contributed by atoms with Gasteiger partial charge in [-0.05, 0) is 0 Å². The summed E-state index contributed by atoms with van der Waals surface area (Å²) >= 11 is 0.750. The van der Waals surface area contributed by atoms with Crippen molar-refractivity contribution in [2.45, 2.75) is 24.9 Å². The Morgan fingerprint density at radius 1 is 1.54 bits per heavy atom. The summed E-state index contributed by atoms with van der Waals surface area (Å²) in [4.78, 5) is 36.4. The quantitative estimate of drug-likeness (QED) is 0.473. The number of ether oxygens (including phenoxy) is 1. The van der Waals surface area contributed by atoms with E-state index < -0.39 is 28.9 Å². The minimum atomic E-state index is -0.893. The van der Waals surface area contributed by atoms with E-state index in [0.717, 1.165) is 11.3 Å². The molecule has 0 bridgehead atoms. The molecule has 130 valence electrons. The minimum Gasteiger partial charge on any atom is -0.394 e. The first-order chi connectivity index (χ1) is 11.4. The van der Waals surface area contributed by atoms with Crippen LogP contribution in [0.4, 0.5) is 5.95 Å². The zero-order valence-electron chi connectivity index (χ0n) is 13.0. The highest BCUT2D eigenvalue weighted by Crippen LogP contribution is 2.30.